The zero-order valence-corrected chi connectivity index (χ0v) is 11.5. The molecule has 11 heteroatoms. The molecule has 0 heterocycles. The van der Waals surface area contributed by atoms with Gasteiger partial charge in [0.15, 0.2) is 0 Å². The molecule has 2 unspecified atom stereocenters. The Morgan fingerprint density at radius 2 is 1.67 bits per heavy atom. The molecule has 0 aliphatic rings. The highest BCUT2D eigenvalue weighted by atomic mass is 31.2. The highest BCUT2D eigenvalue weighted by Crippen LogP contribution is 2.69. The molecular weight excluding hydrogens is 286 g/mol. The molecule has 0 bridgehead atoms. The smallest absolute Gasteiger partial charge is 0.366 e. The number of nitrogens with two attached hydrogens (primary N) is 1. The third kappa shape index (κ3) is 3.69. The zero-order chi connectivity index (χ0) is 14.8. The van der Waals surface area contributed by atoms with Gasteiger partial charge >= 0.3 is 15.2 Å². The van der Waals surface area contributed by atoms with Crippen molar-refractivity contribution in [1.29, 1.82) is 5.41 Å². The Labute approximate surface area is 104 Å². The fourth-order valence-electron chi connectivity index (χ4n) is 1.49. The third-order valence-corrected chi connectivity index (χ3v) is 6.47. The molecule has 0 rings (SSSR count). The van der Waals surface area contributed by atoms with E-state index < -0.39 is 26.3 Å². The van der Waals surface area contributed by atoms with Gasteiger partial charge in [0.1, 0.15) is 0 Å². The molecule has 0 radical (unpaired) electrons. The molecule has 18 heavy (non-hydrogen) atoms. The highest BCUT2D eigenvalue weighted by Gasteiger charge is 2.63. The van der Waals surface area contributed by atoms with Crippen LogP contribution in [0.3, 0.4) is 0 Å². The number of hydrogen-bond acceptors (Lipinski definition) is 5. The Morgan fingerprint density at radius 3 is 1.94 bits per heavy atom. The van der Waals surface area contributed by atoms with Crippen LogP contribution in [-0.4, -0.2) is 42.0 Å². The van der Waals surface area contributed by atoms with Crippen LogP contribution in [-0.2, 0) is 9.13 Å². The van der Waals surface area contributed by atoms with Crippen LogP contribution < -0.4 is 5.73 Å². The van der Waals surface area contributed by atoms with Crippen molar-refractivity contribution in [3.05, 3.63) is 0 Å². The van der Waals surface area contributed by atoms with Crippen LogP contribution in [0, 0.1) is 11.3 Å². The standard InChI is InChI=1S/C7H18N2O7P2/c1-5(2-3-8)4-6(9)7(10,17(11,12)13)18(14,15)16/h3,5-6,8,10H,2,4,9H2,1H3,(H2,11,12,13)(H2,14,15,16). The van der Waals surface area contributed by atoms with Crippen molar-refractivity contribution in [3.63, 3.8) is 0 Å². The van der Waals surface area contributed by atoms with Crippen LogP contribution in [0.15, 0.2) is 0 Å². The number of aliphatic hydroxyl groups is 1. The first kappa shape index (κ1) is 17.9. The maximum absolute atomic E-state index is 11.1. The Morgan fingerprint density at radius 1 is 1.28 bits per heavy atom. The summed E-state index contributed by atoms with van der Waals surface area (Å²) in [6.45, 7) is 1.57. The first-order valence-corrected chi connectivity index (χ1v) is 8.18. The predicted octanol–water partition coefficient (Wildman–Crippen LogP) is -0.619. The summed E-state index contributed by atoms with van der Waals surface area (Å²) in [6.07, 6.45) is 1.000. The molecule has 0 fully saturated rings. The molecule has 8 N–H and O–H groups in total. The van der Waals surface area contributed by atoms with Crippen molar-refractivity contribution < 1.29 is 33.8 Å². The fraction of sp³-hybridized carbons (Fsp3) is 0.857. The van der Waals surface area contributed by atoms with Crippen LogP contribution in [0.25, 0.3) is 0 Å². The zero-order valence-electron chi connectivity index (χ0n) is 9.67. The minimum Gasteiger partial charge on any atom is -0.366 e. The third-order valence-electron chi connectivity index (χ3n) is 2.53. The quantitative estimate of drug-likeness (QED) is 0.239. The molecule has 0 aliphatic carbocycles. The molecule has 9 nitrogen and oxygen atoms in total. The molecule has 0 saturated carbocycles. The average molecular weight is 304 g/mol. The number of hydrogen-bond donors (Lipinski definition) is 7. The first-order chi connectivity index (χ1) is 7.88. The van der Waals surface area contributed by atoms with Gasteiger partial charge in [-0.25, -0.2) is 0 Å². The first-order valence-electron chi connectivity index (χ1n) is 4.96. The maximum Gasteiger partial charge on any atom is 0.371 e. The Kier molecular flexibility index (Phi) is 5.86. The molecule has 0 amide bonds. The van der Waals surface area contributed by atoms with Crippen molar-refractivity contribution in [2.45, 2.75) is 30.9 Å². The monoisotopic (exact) mass is 304 g/mol. The topological polar surface area (TPSA) is 185 Å². The number of rotatable bonds is 7. The van der Waals surface area contributed by atoms with E-state index in [0.29, 0.717) is 0 Å². The van der Waals surface area contributed by atoms with Gasteiger partial charge in [-0.2, -0.15) is 0 Å². The van der Waals surface area contributed by atoms with Gasteiger partial charge in [-0.3, -0.25) is 9.13 Å². The lowest BCUT2D eigenvalue weighted by molar-refractivity contribution is 0.100. The molecule has 0 spiro atoms. The summed E-state index contributed by atoms with van der Waals surface area (Å²) in [5.41, 5.74) is 5.35. The van der Waals surface area contributed by atoms with E-state index in [1.54, 1.807) is 6.92 Å². The van der Waals surface area contributed by atoms with Gasteiger partial charge in [-0.05, 0) is 25.0 Å². The molecule has 0 saturated heterocycles. The summed E-state index contributed by atoms with van der Waals surface area (Å²) in [5.74, 6) is -0.359. The van der Waals surface area contributed by atoms with Gasteiger partial charge in [-0.1, -0.05) is 6.92 Å². The second kappa shape index (κ2) is 5.90. The number of nitrogens with one attached hydrogen (secondary N) is 1. The molecular formula is C7H18N2O7P2. The molecule has 108 valence electrons. The predicted molar refractivity (Wildman–Crippen MR) is 64.2 cm³/mol. The lowest BCUT2D eigenvalue weighted by Gasteiger charge is -2.35. The molecule has 0 aromatic carbocycles. The minimum atomic E-state index is -5.53. The molecule has 0 aromatic rings. The van der Waals surface area contributed by atoms with Crippen LogP contribution in [0.1, 0.15) is 19.8 Å². The highest BCUT2D eigenvalue weighted by molar-refractivity contribution is 7.72. The van der Waals surface area contributed by atoms with Crippen molar-refractivity contribution in [2.75, 3.05) is 0 Å². The molecule has 2 atom stereocenters. The van der Waals surface area contributed by atoms with Gasteiger partial charge in [0.05, 0.1) is 6.04 Å². The van der Waals surface area contributed by atoms with Crippen LogP contribution in [0.4, 0.5) is 0 Å². The lowest BCUT2D eigenvalue weighted by Crippen LogP contribution is -2.48. The largest absolute Gasteiger partial charge is 0.371 e. The van der Waals surface area contributed by atoms with E-state index in [4.69, 9.17) is 30.7 Å². The van der Waals surface area contributed by atoms with E-state index >= 15 is 0 Å². The minimum absolute atomic E-state index is 0.214. The Balaban J connectivity index is 5.32. The van der Waals surface area contributed by atoms with E-state index in [-0.39, 0.29) is 18.8 Å². The summed E-state index contributed by atoms with van der Waals surface area (Å²) >= 11 is 0. The van der Waals surface area contributed by atoms with Crippen molar-refractivity contribution >= 4 is 21.4 Å². The average Bonchev–Trinajstić information content (AvgIpc) is 2.12. The summed E-state index contributed by atoms with van der Waals surface area (Å²) in [6, 6.07) is -1.81. The normalized spacial score (nSPS) is 17.3. The van der Waals surface area contributed by atoms with Gasteiger partial charge in [0.25, 0.3) is 5.08 Å². The van der Waals surface area contributed by atoms with Gasteiger partial charge in [-0.15, -0.1) is 0 Å². The van der Waals surface area contributed by atoms with Crippen molar-refractivity contribution in [2.24, 2.45) is 11.7 Å². The van der Waals surface area contributed by atoms with Gasteiger partial charge < -0.3 is 35.8 Å². The SMILES string of the molecule is CC(CC=N)CC(N)C(O)(P(=O)(O)O)P(=O)(O)O. The van der Waals surface area contributed by atoms with Crippen LogP contribution in [0.5, 0.6) is 0 Å². The summed E-state index contributed by atoms with van der Waals surface area (Å²) in [4.78, 5) is 35.7. The Bertz CT molecular complexity index is 367. The molecule has 0 aromatic heterocycles. The van der Waals surface area contributed by atoms with E-state index in [9.17, 15) is 14.2 Å². The van der Waals surface area contributed by atoms with Crippen molar-refractivity contribution in [1.82, 2.24) is 0 Å². The van der Waals surface area contributed by atoms with Gasteiger partial charge in [0.2, 0.25) is 0 Å². The van der Waals surface area contributed by atoms with E-state index in [2.05, 4.69) is 0 Å². The molecule has 0 aliphatic heterocycles. The summed E-state index contributed by atoms with van der Waals surface area (Å²) in [5, 5.41) is 12.9. The van der Waals surface area contributed by atoms with Crippen LogP contribution in [0.2, 0.25) is 0 Å². The summed E-state index contributed by atoms with van der Waals surface area (Å²) in [7, 11) is -11.1. The second-order valence-corrected chi connectivity index (χ2v) is 8.06. The van der Waals surface area contributed by atoms with E-state index in [0.717, 1.165) is 6.21 Å². The summed E-state index contributed by atoms with van der Waals surface area (Å²) < 4.78 is 22.2. The maximum atomic E-state index is 11.1. The van der Waals surface area contributed by atoms with E-state index in [1.165, 1.54) is 0 Å². The Hall–Kier alpha value is -0.110. The lowest BCUT2D eigenvalue weighted by atomic mass is 10.00. The van der Waals surface area contributed by atoms with Gasteiger partial charge in [0, 0.05) is 0 Å². The second-order valence-electron chi connectivity index (χ2n) is 4.16. The van der Waals surface area contributed by atoms with Crippen LogP contribution >= 0.6 is 15.2 Å². The van der Waals surface area contributed by atoms with Crippen molar-refractivity contribution in [3.8, 4) is 0 Å². The fourth-order valence-corrected chi connectivity index (χ4v) is 3.92. The van der Waals surface area contributed by atoms with E-state index in [1.807, 2.05) is 0 Å².